The molecule has 0 aliphatic carbocycles. The molecule has 0 bridgehead atoms. The Bertz CT molecular complexity index is 1020. The summed E-state index contributed by atoms with van der Waals surface area (Å²) in [7, 11) is -2.14. The molecule has 150 valence electrons. The van der Waals surface area contributed by atoms with Crippen molar-refractivity contribution in [3.8, 4) is 0 Å². The molecule has 1 amide bonds. The number of benzene rings is 2. The van der Waals surface area contributed by atoms with E-state index in [-0.39, 0.29) is 33.5 Å². The summed E-state index contributed by atoms with van der Waals surface area (Å²) >= 11 is 12.1. The number of halogens is 2. The van der Waals surface area contributed by atoms with E-state index in [2.05, 4.69) is 5.32 Å². The fourth-order valence-corrected chi connectivity index (χ4v) is 3.14. The minimum atomic E-state index is -3.50. The maximum atomic E-state index is 12.6. The van der Waals surface area contributed by atoms with Crippen molar-refractivity contribution in [2.24, 2.45) is 0 Å². The van der Waals surface area contributed by atoms with Crippen LogP contribution in [0.5, 0.6) is 0 Å². The topological polar surface area (TPSA) is 92.8 Å². The smallest absolute Gasteiger partial charge is 0.339 e. The highest BCUT2D eigenvalue weighted by atomic mass is 35.5. The minimum absolute atomic E-state index is 0.0716. The molecule has 2 rings (SSSR count). The molecule has 2 aromatic carbocycles. The van der Waals surface area contributed by atoms with Gasteiger partial charge in [-0.2, -0.15) is 0 Å². The van der Waals surface area contributed by atoms with E-state index in [0.29, 0.717) is 5.69 Å². The monoisotopic (exact) mass is 444 g/mol. The van der Waals surface area contributed by atoms with Crippen LogP contribution in [0.3, 0.4) is 0 Å². The third-order valence-corrected chi connectivity index (χ3v) is 5.64. The number of nitrogens with one attached hydrogen (secondary N) is 1. The number of carbonyl (C=O) groups excluding carboxylic acids is 2. The highest BCUT2D eigenvalue weighted by Gasteiger charge is 2.18. The van der Waals surface area contributed by atoms with Gasteiger partial charge in [-0.3, -0.25) is 9.10 Å². The van der Waals surface area contributed by atoms with Crippen molar-refractivity contribution in [1.82, 2.24) is 0 Å². The molecule has 0 saturated heterocycles. The standard InChI is InChI=1S/C18H18Cl2N2O5S/c1-4-27-18(24)14-9-11(5-7-16(14)20)21-17(23)13-10-12(6-8-15(13)19)22(2)28(3,25)26/h5-10H,4H2,1-3H3,(H,21,23). The molecule has 0 fully saturated rings. The van der Waals surface area contributed by atoms with E-state index in [1.54, 1.807) is 6.92 Å². The Morgan fingerprint density at radius 1 is 1.07 bits per heavy atom. The van der Waals surface area contributed by atoms with Crippen LogP contribution >= 0.6 is 23.2 Å². The van der Waals surface area contributed by atoms with Crippen molar-refractivity contribution in [2.75, 3.05) is 29.5 Å². The zero-order chi connectivity index (χ0) is 21.1. The van der Waals surface area contributed by atoms with Crippen molar-refractivity contribution in [2.45, 2.75) is 6.92 Å². The van der Waals surface area contributed by atoms with E-state index in [9.17, 15) is 18.0 Å². The van der Waals surface area contributed by atoms with Gasteiger partial charge in [-0.15, -0.1) is 0 Å². The Morgan fingerprint density at radius 2 is 1.68 bits per heavy atom. The average Bonchev–Trinajstić information content (AvgIpc) is 2.62. The van der Waals surface area contributed by atoms with E-state index in [0.717, 1.165) is 10.6 Å². The fourth-order valence-electron chi connectivity index (χ4n) is 2.24. The molecule has 0 aliphatic heterocycles. The molecule has 7 nitrogen and oxygen atoms in total. The van der Waals surface area contributed by atoms with Crippen LogP contribution in [0, 0.1) is 0 Å². The van der Waals surface area contributed by atoms with E-state index in [1.165, 1.54) is 43.4 Å². The Balaban J connectivity index is 2.33. The van der Waals surface area contributed by atoms with E-state index in [1.807, 2.05) is 0 Å². The first-order chi connectivity index (χ1) is 13.0. The third kappa shape index (κ3) is 5.15. The van der Waals surface area contributed by atoms with Crippen LogP contribution < -0.4 is 9.62 Å². The molecule has 10 heteroatoms. The number of hydrogen-bond donors (Lipinski definition) is 1. The van der Waals surface area contributed by atoms with Crippen molar-refractivity contribution in [3.63, 3.8) is 0 Å². The summed E-state index contributed by atoms with van der Waals surface area (Å²) in [4.78, 5) is 24.6. The molecule has 0 spiro atoms. The molecule has 1 N–H and O–H groups in total. The van der Waals surface area contributed by atoms with Gasteiger partial charge in [-0.05, 0) is 43.3 Å². The molecular formula is C18H18Cl2N2O5S. The van der Waals surface area contributed by atoms with Gasteiger partial charge in [0.1, 0.15) is 0 Å². The van der Waals surface area contributed by atoms with Gasteiger partial charge in [0.15, 0.2) is 0 Å². The predicted molar refractivity (Wildman–Crippen MR) is 110 cm³/mol. The molecule has 0 aliphatic rings. The average molecular weight is 445 g/mol. The lowest BCUT2D eigenvalue weighted by Crippen LogP contribution is -2.25. The molecule has 0 atom stereocenters. The van der Waals surface area contributed by atoms with E-state index in [4.69, 9.17) is 27.9 Å². The van der Waals surface area contributed by atoms with Crippen molar-refractivity contribution < 1.29 is 22.7 Å². The van der Waals surface area contributed by atoms with Gasteiger partial charge in [0.2, 0.25) is 10.0 Å². The molecule has 0 radical (unpaired) electrons. The number of amides is 1. The number of esters is 1. The Hall–Kier alpha value is -2.29. The molecular weight excluding hydrogens is 427 g/mol. The first-order valence-corrected chi connectivity index (χ1v) is 10.7. The number of carbonyl (C=O) groups is 2. The molecule has 0 unspecified atom stereocenters. The lowest BCUT2D eigenvalue weighted by Gasteiger charge is -2.18. The van der Waals surface area contributed by atoms with Crippen LogP contribution in [0.15, 0.2) is 36.4 Å². The van der Waals surface area contributed by atoms with Crippen LogP contribution in [0.25, 0.3) is 0 Å². The summed E-state index contributed by atoms with van der Waals surface area (Å²) in [5.74, 6) is -1.19. The van der Waals surface area contributed by atoms with Crippen LogP contribution in [0.2, 0.25) is 10.0 Å². The van der Waals surface area contributed by atoms with Gasteiger partial charge < -0.3 is 10.1 Å². The lowest BCUT2D eigenvalue weighted by atomic mass is 10.1. The quantitative estimate of drug-likeness (QED) is 0.683. The minimum Gasteiger partial charge on any atom is -0.462 e. The fraction of sp³-hybridized carbons (Fsp3) is 0.222. The zero-order valence-electron chi connectivity index (χ0n) is 15.3. The maximum Gasteiger partial charge on any atom is 0.339 e. The highest BCUT2D eigenvalue weighted by molar-refractivity contribution is 7.92. The van der Waals surface area contributed by atoms with Gasteiger partial charge in [0, 0.05) is 12.7 Å². The van der Waals surface area contributed by atoms with Gasteiger partial charge in [-0.25, -0.2) is 13.2 Å². The van der Waals surface area contributed by atoms with E-state index < -0.39 is 21.9 Å². The second kappa shape index (κ2) is 8.81. The summed E-state index contributed by atoms with van der Waals surface area (Å²) in [6, 6.07) is 8.64. The normalized spacial score (nSPS) is 11.0. The van der Waals surface area contributed by atoms with Gasteiger partial charge in [0.25, 0.3) is 5.91 Å². The predicted octanol–water partition coefficient (Wildman–Crippen LogP) is 3.82. The largest absolute Gasteiger partial charge is 0.462 e. The summed E-state index contributed by atoms with van der Waals surface area (Å²) < 4.78 is 29.4. The van der Waals surface area contributed by atoms with Crippen molar-refractivity contribution in [3.05, 3.63) is 57.6 Å². The summed E-state index contributed by atoms with van der Waals surface area (Å²) in [5, 5.41) is 2.94. The van der Waals surface area contributed by atoms with Gasteiger partial charge in [-0.1, -0.05) is 23.2 Å². The number of rotatable bonds is 6. The second-order valence-electron chi connectivity index (χ2n) is 5.76. The van der Waals surface area contributed by atoms with Crippen LogP contribution in [-0.4, -0.2) is 40.2 Å². The van der Waals surface area contributed by atoms with Crippen LogP contribution in [0.1, 0.15) is 27.6 Å². The SMILES string of the molecule is CCOC(=O)c1cc(NC(=O)c2cc(N(C)S(C)(=O)=O)ccc2Cl)ccc1Cl. The number of nitrogens with zero attached hydrogens (tertiary/aromatic N) is 1. The van der Waals surface area contributed by atoms with Gasteiger partial charge in [0.05, 0.1) is 39.7 Å². The number of anilines is 2. The second-order valence-corrected chi connectivity index (χ2v) is 8.59. The lowest BCUT2D eigenvalue weighted by molar-refractivity contribution is 0.0526. The molecule has 2 aromatic rings. The molecule has 0 aromatic heterocycles. The number of sulfonamides is 1. The van der Waals surface area contributed by atoms with Crippen molar-refractivity contribution in [1.29, 1.82) is 0 Å². The number of ether oxygens (including phenoxy) is 1. The maximum absolute atomic E-state index is 12.6. The highest BCUT2D eigenvalue weighted by Crippen LogP contribution is 2.26. The third-order valence-electron chi connectivity index (χ3n) is 3.78. The van der Waals surface area contributed by atoms with E-state index >= 15 is 0 Å². The molecule has 28 heavy (non-hydrogen) atoms. The first kappa shape index (κ1) is 22.0. The van der Waals surface area contributed by atoms with Gasteiger partial charge >= 0.3 is 5.97 Å². The first-order valence-electron chi connectivity index (χ1n) is 8.06. The van der Waals surface area contributed by atoms with Crippen LogP contribution in [0.4, 0.5) is 11.4 Å². The molecule has 0 heterocycles. The Labute approximate surface area is 173 Å². The summed E-state index contributed by atoms with van der Waals surface area (Å²) in [5.41, 5.74) is 0.760. The summed E-state index contributed by atoms with van der Waals surface area (Å²) in [6.45, 7) is 1.85. The van der Waals surface area contributed by atoms with Crippen molar-refractivity contribution >= 4 is 56.5 Å². The van der Waals surface area contributed by atoms with Crippen LogP contribution in [-0.2, 0) is 14.8 Å². The molecule has 0 saturated carbocycles. The number of hydrogen-bond acceptors (Lipinski definition) is 5. The zero-order valence-corrected chi connectivity index (χ0v) is 17.7. The summed E-state index contributed by atoms with van der Waals surface area (Å²) in [6.07, 6.45) is 1.05. The Morgan fingerprint density at radius 3 is 2.29 bits per heavy atom. The Kier molecular flexibility index (Phi) is 6.92.